The van der Waals surface area contributed by atoms with Gasteiger partial charge in [-0.3, -0.25) is 9.78 Å². The summed E-state index contributed by atoms with van der Waals surface area (Å²) in [6.45, 7) is 3.44. The molecule has 1 aliphatic rings. The van der Waals surface area contributed by atoms with Crippen LogP contribution in [0.2, 0.25) is 0 Å². The Hall–Kier alpha value is -2.15. The van der Waals surface area contributed by atoms with Gasteiger partial charge >= 0.3 is 0 Å². The first-order valence-electron chi connectivity index (χ1n) is 6.46. The highest BCUT2D eigenvalue weighted by Gasteiger charge is 2.38. The molecular weight excluding hydrogens is 238 g/mol. The van der Waals surface area contributed by atoms with Crippen LogP contribution in [-0.2, 0) is 10.2 Å². The monoisotopic (exact) mass is 255 g/mol. The third-order valence-corrected chi connectivity index (χ3v) is 3.74. The Morgan fingerprint density at radius 3 is 2.79 bits per heavy atom. The van der Waals surface area contributed by atoms with Crippen molar-refractivity contribution in [1.82, 2.24) is 10.3 Å². The van der Waals surface area contributed by atoms with E-state index in [2.05, 4.69) is 22.9 Å². The topological polar surface area (TPSA) is 65.8 Å². The van der Waals surface area contributed by atoms with Crippen LogP contribution in [-0.4, -0.2) is 16.9 Å². The van der Waals surface area contributed by atoms with Crippen molar-refractivity contribution in [1.29, 1.82) is 5.26 Å². The molecule has 0 aromatic carbocycles. The van der Waals surface area contributed by atoms with Gasteiger partial charge < -0.3 is 5.32 Å². The number of nitrogens with zero attached hydrogens (tertiary/aromatic N) is 2. The molecule has 1 fully saturated rings. The van der Waals surface area contributed by atoms with Crippen molar-refractivity contribution in [3.05, 3.63) is 42.7 Å². The maximum Gasteiger partial charge on any atom is 0.243 e. The maximum absolute atomic E-state index is 11.3. The molecule has 1 aromatic rings. The van der Waals surface area contributed by atoms with E-state index < -0.39 is 5.41 Å². The molecule has 0 radical (unpaired) electrons. The predicted octanol–water partition coefficient (Wildman–Crippen LogP) is 2.09. The summed E-state index contributed by atoms with van der Waals surface area (Å²) in [5, 5.41) is 12.4. The van der Waals surface area contributed by atoms with E-state index >= 15 is 0 Å². The largest absolute Gasteiger partial charge is 0.350 e. The second-order valence-corrected chi connectivity index (χ2v) is 4.90. The molecule has 19 heavy (non-hydrogen) atoms. The molecule has 0 spiro atoms. The van der Waals surface area contributed by atoms with E-state index in [4.69, 9.17) is 0 Å². The average Bonchev–Trinajstić information content (AvgIpc) is 2.49. The Kier molecular flexibility index (Phi) is 3.96. The smallest absolute Gasteiger partial charge is 0.243 e. The lowest BCUT2D eigenvalue weighted by Crippen LogP contribution is -2.41. The van der Waals surface area contributed by atoms with Crippen molar-refractivity contribution in [3.63, 3.8) is 0 Å². The van der Waals surface area contributed by atoms with E-state index in [1.165, 1.54) is 6.08 Å². The van der Waals surface area contributed by atoms with Crippen LogP contribution in [0, 0.1) is 11.3 Å². The minimum Gasteiger partial charge on any atom is -0.350 e. The molecule has 4 nitrogen and oxygen atoms in total. The van der Waals surface area contributed by atoms with E-state index in [1.54, 1.807) is 6.20 Å². The zero-order valence-electron chi connectivity index (χ0n) is 10.8. The molecule has 0 atom stereocenters. The minimum atomic E-state index is -0.503. The Morgan fingerprint density at radius 1 is 1.53 bits per heavy atom. The van der Waals surface area contributed by atoms with Crippen LogP contribution in [0.5, 0.6) is 0 Å². The van der Waals surface area contributed by atoms with Gasteiger partial charge in [-0.1, -0.05) is 12.6 Å². The molecule has 1 aromatic heterocycles. The molecule has 1 saturated carbocycles. The molecule has 0 saturated heterocycles. The van der Waals surface area contributed by atoms with Crippen LogP contribution in [0.25, 0.3) is 0 Å². The van der Waals surface area contributed by atoms with Gasteiger partial charge in [0.05, 0.1) is 17.2 Å². The highest BCUT2D eigenvalue weighted by atomic mass is 16.1. The Morgan fingerprint density at radius 2 is 2.26 bits per heavy atom. The Labute approximate surface area is 113 Å². The minimum absolute atomic E-state index is 0.135. The van der Waals surface area contributed by atoms with Gasteiger partial charge in [0.2, 0.25) is 5.91 Å². The summed E-state index contributed by atoms with van der Waals surface area (Å²) in [7, 11) is 0. The lowest BCUT2D eigenvalue weighted by atomic mass is 9.71. The number of carbonyl (C=O) groups excluding carboxylic acids is 1. The van der Waals surface area contributed by atoms with Gasteiger partial charge in [0.15, 0.2) is 0 Å². The van der Waals surface area contributed by atoms with Crippen LogP contribution in [0.4, 0.5) is 0 Å². The normalized spacial score (nSPS) is 26.2. The van der Waals surface area contributed by atoms with E-state index in [0.717, 1.165) is 31.4 Å². The summed E-state index contributed by atoms with van der Waals surface area (Å²) in [5.74, 6) is -0.146. The van der Waals surface area contributed by atoms with Gasteiger partial charge in [0.25, 0.3) is 0 Å². The zero-order valence-corrected chi connectivity index (χ0v) is 10.8. The van der Waals surface area contributed by atoms with Crippen molar-refractivity contribution in [3.8, 4) is 6.07 Å². The third-order valence-electron chi connectivity index (χ3n) is 3.74. The summed E-state index contributed by atoms with van der Waals surface area (Å²) < 4.78 is 0. The first-order valence-corrected chi connectivity index (χ1v) is 6.46. The Balaban J connectivity index is 2.07. The number of aromatic nitrogens is 1. The second kappa shape index (κ2) is 5.66. The first-order chi connectivity index (χ1) is 9.20. The fraction of sp³-hybridized carbons (Fsp3) is 0.400. The van der Waals surface area contributed by atoms with Gasteiger partial charge in [0.1, 0.15) is 0 Å². The highest BCUT2D eigenvalue weighted by molar-refractivity contribution is 5.87. The van der Waals surface area contributed by atoms with Gasteiger partial charge in [-0.15, -0.1) is 0 Å². The van der Waals surface area contributed by atoms with E-state index in [9.17, 15) is 10.1 Å². The lowest BCUT2D eigenvalue weighted by Gasteiger charge is -2.34. The number of amides is 1. The summed E-state index contributed by atoms with van der Waals surface area (Å²) in [6.07, 6.45) is 6.05. The third kappa shape index (κ3) is 2.82. The van der Waals surface area contributed by atoms with Gasteiger partial charge in [-0.25, -0.2) is 0 Å². The van der Waals surface area contributed by atoms with Crippen LogP contribution >= 0.6 is 0 Å². The van der Waals surface area contributed by atoms with Gasteiger partial charge in [-0.05, 0) is 43.9 Å². The summed E-state index contributed by atoms with van der Waals surface area (Å²) in [4.78, 5) is 15.6. The van der Waals surface area contributed by atoms with Crippen molar-refractivity contribution < 1.29 is 4.79 Å². The number of hydrogen-bond acceptors (Lipinski definition) is 3. The van der Waals surface area contributed by atoms with Gasteiger partial charge in [0, 0.05) is 12.2 Å². The molecule has 2 rings (SSSR count). The zero-order chi connectivity index (χ0) is 13.7. The van der Waals surface area contributed by atoms with Gasteiger partial charge in [-0.2, -0.15) is 5.26 Å². The fourth-order valence-electron chi connectivity index (χ4n) is 2.59. The second-order valence-electron chi connectivity index (χ2n) is 4.90. The molecule has 0 unspecified atom stereocenters. The molecule has 98 valence electrons. The molecular formula is C15H17N3O. The molecule has 0 bridgehead atoms. The van der Waals surface area contributed by atoms with Crippen molar-refractivity contribution in [2.45, 2.75) is 37.1 Å². The summed E-state index contributed by atoms with van der Waals surface area (Å²) in [5.41, 5.74) is 0.336. The summed E-state index contributed by atoms with van der Waals surface area (Å²) >= 11 is 0. The van der Waals surface area contributed by atoms with E-state index in [-0.39, 0.29) is 11.9 Å². The fourth-order valence-corrected chi connectivity index (χ4v) is 2.59. The number of nitrogens with one attached hydrogen (secondary N) is 1. The first kappa shape index (κ1) is 13.3. The van der Waals surface area contributed by atoms with Crippen molar-refractivity contribution in [2.75, 3.05) is 0 Å². The molecule has 1 amide bonds. The molecule has 0 aliphatic heterocycles. The average molecular weight is 255 g/mol. The molecule has 1 heterocycles. The van der Waals surface area contributed by atoms with Crippen molar-refractivity contribution >= 4 is 5.91 Å². The van der Waals surface area contributed by atoms with Crippen LogP contribution < -0.4 is 5.32 Å². The quantitative estimate of drug-likeness (QED) is 0.841. The summed E-state index contributed by atoms with van der Waals surface area (Å²) in [6, 6.07) is 8.23. The predicted molar refractivity (Wildman–Crippen MR) is 72.1 cm³/mol. The van der Waals surface area contributed by atoms with Crippen LogP contribution in [0.15, 0.2) is 37.1 Å². The molecule has 1 aliphatic carbocycles. The van der Waals surface area contributed by atoms with Crippen LogP contribution in [0.3, 0.4) is 0 Å². The molecule has 1 N–H and O–H groups in total. The number of nitriles is 1. The lowest BCUT2D eigenvalue weighted by molar-refractivity contribution is -0.117. The highest BCUT2D eigenvalue weighted by Crippen LogP contribution is 2.37. The van der Waals surface area contributed by atoms with Crippen LogP contribution in [0.1, 0.15) is 31.4 Å². The van der Waals surface area contributed by atoms with Crippen molar-refractivity contribution in [2.24, 2.45) is 0 Å². The number of hydrogen-bond donors (Lipinski definition) is 1. The maximum atomic E-state index is 11.3. The number of rotatable bonds is 3. The SMILES string of the molecule is C=CC(=O)NC1CCC(C#N)(c2ccccn2)CC1. The Bertz CT molecular complexity index is 496. The van der Waals surface area contributed by atoms with E-state index in [0.29, 0.717) is 0 Å². The number of carbonyl (C=O) groups is 1. The van der Waals surface area contributed by atoms with E-state index in [1.807, 2.05) is 18.2 Å². The molecule has 4 heteroatoms. The number of pyridine rings is 1. The standard InChI is InChI=1S/C15H17N3O/c1-2-14(19)18-12-6-8-15(11-16,9-7-12)13-5-3-4-10-17-13/h2-5,10,12H,1,6-9H2,(H,18,19).